The molecule has 2 aliphatic heterocycles. The maximum absolute atomic E-state index is 3.46. The highest BCUT2D eigenvalue weighted by atomic mass is 35.5. The smallest absolute Gasteiger partial charge is 0.00960 e. The summed E-state index contributed by atoms with van der Waals surface area (Å²) < 4.78 is 0. The van der Waals surface area contributed by atoms with E-state index in [1.807, 2.05) is 0 Å². The second-order valence-electron chi connectivity index (χ2n) is 5.71. The van der Waals surface area contributed by atoms with Gasteiger partial charge in [0.2, 0.25) is 0 Å². The van der Waals surface area contributed by atoms with Gasteiger partial charge in [-0.15, -0.1) is 12.4 Å². The van der Waals surface area contributed by atoms with Gasteiger partial charge >= 0.3 is 0 Å². The summed E-state index contributed by atoms with van der Waals surface area (Å²) in [5, 5.41) is 3.46. The van der Waals surface area contributed by atoms with Crippen molar-refractivity contribution in [3.8, 4) is 0 Å². The Labute approximate surface area is 113 Å². The first-order chi connectivity index (χ1) is 7.81. The summed E-state index contributed by atoms with van der Waals surface area (Å²) in [5.74, 6) is 0.992. The van der Waals surface area contributed by atoms with Crippen molar-refractivity contribution < 1.29 is 0 Å². The van der Waals surface area contributed by atoms with Gasteiger partial charge in [-0.3, -0.25) is 4.90 Å². The molecule has 0 aromatic carbocycles. The Bertz CT molecular complexity index is 204. The molecule has 0 bridgehead atoms. The van der Waals surface area contributed by atoms with Crippen LogP contribution >= 0.6 is 12.4 Å². The third-order valence-electron chi connectivity index (χ3n) is 4.68. The van der Waals surface area contributed by atoms with Crippen molar-refractivity contribution in [2.24, 2.45) is 5.92 Å². The van der Waals surface area contributed by atoms with Crippen LogP contribution in [0.15, 0.2) is 0 Å². The number of hydrogen-bond donors (Lipinski definition) is 1. The van der Waals surface area contributed by atoms with Gasteiger partial charge in [-0.2, -0.15) is 0 Å². The van der Waals surface area contributed by atoms with Crippen LogP contribution < -0.4 is 5.32 Å². The molecule has 2 heterocycles. The molecule has 102 valence electrons. The molecule has 2 saturated heterocycles. The predicted molar refractivity (Wildman–Crippen MR) is 76.9 cm³/mol. The number of likely N-dealkylation sites (tertiary alicyclic amines) is 1. The van der Waals surface area contributed by atoms with E-state index in [1.54, 1.807) is 0 Å². The Morgan fingerprint density at radius 2 is 1.82 bits per heavy atom. The van der Waals surface area contributed by atoms with E-state index in [9.17, 15) is 0 Å². The van der Waals surface area contributed by atoms with Crippen molar-refractivity contribution in [1.82, 2.24) is 10.2 Å². The molecule has 2 fully saturated rings. The number of nitrogens with zero attached hydrogens (tertiary/aromatic N) is 1. The summed E-state index contributed by atoms with van der Waals surface area (Å²) in [6.45, 7) is 8.61. The summed E-state index contributed by atoms with van der Waals surface area (Å²) in [6, 6.07) is 1.73. The minimum atomic E-state index is 0. The largest absolute Gasteiger partial charge is 0.317 e. The van der Waals surface area contributed by atoms with Gasteiger partial charge in [-0.25, -0.2) is 0 Å². The van der Waals surface area contributed by atoms with E-state index >= 15 is 0 Å². The lowest BCUT2D eigenvalue weighted by Crippen LogP contribution is -2.37. The van der Waals surface area contributed by atoms with E-state index in [0.717, 1.165) is 18.0 Å². The fraction of sp³-hybridized carbons (Fsp3) is 1.00. The van der Waals surface area contributed by atoms with Gasteiger partial charge in [0.1, 0.15) is 0 Å². The summed E-state index contributed by atoms with van der Waals surface area (Å²) in [7, 11) is 0. The van der Waals surface area contributed by atoms with Crippen LogP contribution in [0.4, 0.5) is 0 Å². The van der Waals surface area contributed by atoms with Gasteiger partial charge < -0.3 is 5.32 Å². The molecule has 0 aromatic heterocycles. The number of rotatable bonds is 4. The van der Waals surface area contributed by atoms with E-state index in [1.165, 1.54) is 58.2 Å². The third kappa shape index (κ3) is 4.11. The molecule has 0 aliphatic carbocycles. The highest BCUT2D eigenvalue weighted by Gasteiger charge is 2.29. The lowest BCUT2D eigenvalue weighted by Gasteiger charge is -2.30. The lowest BCUT2D eigenvalue weighted by atomic mass is 9.94. The van der Waals surface area contributed by atoms with Gasteiger partial charge in [0.15, 0.2) is 0 Å². The Balaban J connectivity index is 0.00000144. The van der Waals surface area contributed by atoms with Gasteiger partial charge in [-0.1, -0.05) is 6.92 Å². The van der Waals surface area contributed by atoms with Crippen molar-refractivity contribution in [1.29, 1.82) is 0 Å². The van der Waals surface area contributed by atoms with Crippen molar-refractivity contribution in [3.05, 3.63) is 0 Å². The average Bonchev–Trinajstić information content (AvgIpc) is 2.69. The summed E-state index contributed by atoms with van der Waals surface area (Å²) in [6.07, 6.45) is 8.44. The highest BCUT2D eigenvalue weighted by molar-refractivity contribution is 5.85. The maximum Gasteiger partial charge on any atom is 0.00960 e. The van der Waals surface area contributed by atoms with Crippen LogP contribution in [0.2, 0.25) is 0 Å². The van der Waals surface area contributed by atoms with E-state index in [2.05, 4.69) is 24.1 Å². The van der Waals surface area contributed by atoms with Crippen LogP contribution in [0, 0.1) is 5.92 Å². The molecule has 2 aliphatic rings. The Hall–Kier alpha value is 0.210. The topological polar surface area (TPSA) is 15.3 Å². The average molecular weight is 261 g/mol. The lowest BCUT2D eigenvalue weighted by molar-refractivity contribution is 0.177. The van der Waals surface area contributed by atoms with Crippen LogP contribution in [-0.2, 0) is 0 Å². The first-order valence-corrected chi connectivity index (χ1v) is 7.27. The van der Waals surface area contributed by atoms with Crippen molar-refractivity contribution in [3.63, 3.8) is 0 Å². The van der Waals surface area contributed by atoms with E-state index in [4.69, 9.17) is 0 Å². The second-order valence-corrected chi connectivity index (χ2v) is 5.71. The SMILES string of the molecule is CCC1CCC(C)N1CCC1CCNCC1.Cl. The zero-order chi connectivity index (χ0) is 11.4. The minimum absolute atomic E-state index is 0. The monoisotopic (exact) mass is 260 g/mol. The molecule has 2 rings (SSSR count). The molecule has 0 aromatic rings. The first-order valence-electron chi connectivity index (χ1n) is 7.27. The molecule has 0 radical (unpaired) electrons. The third-order valence-corrected chi connectivity index (χ3v) is 4.68. The summed E-state index contributed by atoms with van der Waals surface area (Å²) in [4.78, 5) is 2.78. The van der Waals surface area contributed by atoms with Crippen molar-refractivity contribution in [2.45, 2.75) is 64.5 Å². The molecule has 2 atom stereocenters. The van der Waals surface area contributed by atoms with E-state index in [0.29, 0.717) is 0 Å². The quantitative estimate of drug-likeness (QED) is 0.836. The Morgan fingerprint density at radius 1 is 1.12 bits per heavy atom. The van der Waals surface area contributed by atoms with Crippen LogP contribution in [0.25, 0.3) is 0 Å². The fourth-order valence-corrected chi connectivity index (χ4v) is 3.47. The summed E-state index contributed by atoms with van der Waals surface area (Å²) >= 11 is 0. The fourth-order valence-electron chi connectivity index (χ4n) is 3.47. The van der Waals surface area contributed by atoms with E-state index < -0.39 is 0 Å². The Kier molecular flexibility index (Phi) is 6.83. The van der Waals surface area contributed by atoms with Gasteiger partial charge in [0, 0.05) is 12.1 Å². The molecule has 2 unspecified atom stereocenters. The van der Waals surface area contributed by atoms with Gasteiger partial charge in [-0.05, 0) is 71.0 Å². The van der Waals surface area contributed by atoms with Crippen molar-refractivity contribution in [2.75, 3.05) is 19.6 Å². The molecular weight excluding hydrogens is 232 g/mol. The number of nitrogens with one attached hydrogen (secondary N) is 1. The normalized spacial score (nSPS) is 31.4. The molecule has 0 saturated carbocycles. The van der Waals surface area contributed by atoms with Gasteiger partial charge in [0.25, 0.3) is 0 Å². The number of halogens is 1. The maximum atomic E-state index is 3.46. The molecule has 17 heavy (non-hydrogen) atoms. The van der Waals surface area contributed by atoms with Crippen LogP contribution in [0.1, 0.15) is 52.4 Å². The second kappa shape index (κ2) is 7.60. The molecule has 3 heteroatoms. The molecule has 0 amide bonds. The zero-order valence-corrected chi connectivity index (χ0v) is 12.3. The van der Waals surface area contributed by atoms with Crippen LogP contribution in [0.5, 0.6) is 0 Å². The van der Waals surface area contributed by atoms with Crippen molar-refractivity contribution >= 4 is 12.4 Å². The van der Waals surface area contributed by atoms with Gasteiger partial charge in [0.05, 0.1) is 0 Å². The summed E-state index contributed by atoms with van der Waals surface area (Å²) in [5.41, 5.74) is 0. The molecular formula is C14H29ClN2. The minimum Gasteiger partial charge on any atom is -0.317 e. The highest BCUT2D eigenvalue weighted by Crippen LogP contribution is 2.27. The molecule has 0 spiro atoms. The first kappa shape index (κ1) is 15.3. The molecule has 1 N–H and O–H groups in total. The van der Waals surface area contributed by atoms with Crippen LogP contribution in [0.3, 0.4) is 0 Å². The standard InChI is InChI=1S/C14H28N2.ClH/c1-3-14-5-4-12(2)16(14)11-8-13-6-9-15-10-7-13;/h12-15H,3-11H2,1-2H3;1H. The Morgan fingerprint density at radius 3 is 2.47 bits per heavy atom. The number of piperidine rings is 1. The molecule has 2 nitrogen and oxygen atoms in total. The number of hydrogen-bond acceptors (Lipinski definition) is 2. The van der Waals surface area contributed by atoms with Crippen LogP contribution in [-0.4, -0.2) is 36.6 Å². The predicted octanol–water partition coefficient (Wildman–Crippen LogP) is 3.06. The zero-order valence-electron chi connectivity index (χ0n) is 11.5. The van der Waals surface area contributed by atoms with E-state index in [-0.39, 0.29) is 12.4 Å².